The molecule has 0 spiro atoms. The second-order valence-electron chi connectivity index (χ2n) is 8.47. The predicted octanol–water partition coefficient (Wildman–Crippen LogP) is 3.71. The molecule has 0 aromatic heterocycles. The number of para-hydroxylation sites is 1. The van der Waals surface area contributed by atoms with Gasteiger partial charge >= 0.3 is 0 Å². The van der Waals surface area contributed by atoms with Gasteiger partial charge in [-0.1, -0.05) is 42.5 Å². The summed E-state index contributed by atoms with van der Waals surface area (Å²) >= 11 is 0. The Labute approximate surface area is 184 Å². The first-order valence-corrected chi connectivity index (χ1v) is 12.8. The van der Waals surface area contributed by atoms with Crippen LogP contribution in [0.25, 0.3) is 0 Å². The average Bonchev–Trinajstić information content (AvgIpc) is 2.81. The largest absolute Gasteiger partial charge is 0.487 e. The van der Waals surface area contributed by atoms with E-state index in [1.165, 1.54) is 6.07 Å². The highest BCUT2D eigenvalue weighted by atomic mass is 32.2. The maximum atomic E-state index is 13.8. The van der Waals surface area contributed by atoms with E-state index < -0.39 is 10.0 Å². The minimum Gasteiger partial charge on any atom is -0.487 e. The third-order valence-electron chi connectivity index (χ3n) is 6.43. The molecule has 31 heavy (non-hydrogen) atoms. The first-order valence-electron chi connectivity index (χ1n) is 11.2. The minimum absolute atomic E-state index is 0.0339. The zero-order chi connectivity index (χ0) is 21.7. The van der Waals surface area contributed by atoms with E-state index in [1.54, 1.807) is 22.5 Å². The fourth-order valence-corrected chi connectivity index (χ4v) is 6.10. The van der Waals surface area contributed by atoms with Gasteiger partial charge in [0.1, 0.15) is 6.10 Å². The van der Waals surface area contributed by atoms with E-state index in [4.69, 9.17) is 4.74 Å². The maximum Gasteiger partial charge on any atom is 0.214 e. The number of aryl methyl sites for hydroxylation is 1. The lowest BCUT2D eigenvalue weighted by Gasteiger charge is -2.41. The molecule has 0 saturated carbocycles. The zero-order valence-corrected chi connectivity index (χ0v) is 18.6. The van der Waals surface area contributed by atoms with Crippen LogP contribution < -0.4 is 4.74 Å². The van der Waals surface area contributed by atoms with Crippen LogP contribution in [0.15, 0.2) is 54.6 Å². The van der Waals surface area contributed by atoms with Gasteiger partial charge in [-0.25, -0.2) is 17.1 Å². The molecule has 2 fully saturated rings. The predicted molar refractivity (Wildman–Crippen MR) is 120 cm³/mol. The molecule has 0 unspecified atom stereocenters. The van der Waals surface area contributed by atoms with Crippen molar-refractivity contribution in [2.75, 3.05) is 31.9 Å². The molecular weight excluding hydrogens is 415 g/mol. The summed E-state index contributed by atoms with van der Waals surface area (Å²) in [6.45, 7) is 3.00. The van der Waals surface area contributed by atoms with Gasteiger partial charge in [0.15, 0.2) is 11.6 Å². The fraction of sp³-hybridized carbons (Fsp3) is 0.500. The van der Waals surface area contributed by atoms with Crippen molar-refractivity contribution in [2.24, 2.45) is 0 Å². The average molecular weight is 447 g/mol. The number of hydrogen-bond donors (Lipinski definition) is 0. The Bertz CT molecular complexity index is 938. The molecule has 2 saturated heterocycles. The first-order chi connectivity index (χ1) is 15.0. The van der Waals surface area contributed by atoms with Gasteiger partial charge in [0, 0.05) is 32.2 Å². The van der Waals surface area contributed by atoms with Crippen LogP contribution in [0.2, 0.25) is 0 Å². The van der Waals surface area contributed by atoms with Crippen LogP contribution >= 0.6 is 0 Å². The summed E-state index contributed by atoms with van der Waals surface area (Å²) in [6.07, 6.45) is 4.05. The molecule has 2 aromatic rings. The quantitative estimate of drug-likeness (QED) is 0.651. The fourth-order valence-electron chi connectivity index (χ4n) is 4.58. The third-order valence-corrected chi connectivity index (χ3v) is 8.30. The molecule has 0 amide bonds. The molecule has 7 heteroatoms. The molecule has 4 rings (SSSR count). The van der Waals surface area contributed by atoms with E-state index in [9.17, 15) is 12.8 Å². The molecule has 0 atom stereocenters. The molecule has 2 heterocycles. The van der Waals surface area contributed by atoms with Gasteiger partial charge in [-0.15, -0.1) is 0 Å². The van der Waals surface area contributed by atoms with Gasteiger partial charge < -0.3 is 9.64 Å². The van der Waals surface area contributed by atoms with Crippen molar-refractivity contribution in [3.05, 3.63) is 66.0 Å². The third kappa shape index (κ3) is 5.84. The van der Waals surface area contributed by atoms with Crippen LogP contribution in [0.4, 0.5) is 4.39 Å². The van der Waals surface area contributed by atoms with Crippen molar-refractivity contribution >= 4 is 10.0 Å². The van der Waals surface area contributed by atoms with Crippen molar-refractivity contribution in [3.8, 4) is 5.75 Å². The van der Waals surface area contributed by atoms with Crippen LogP contribution in [0.1, 0.15) is 31.2 Å². The summed E-state index contributed by atoms with van der Waals surface area (Å²) in [5, 5.41) is 0. The topological polar surface area (TPSA) is 49.9 Å². The van der Waals surface area contributed by atoms with E-state index in [1.807, 2.05) is 30.3 Å². The Morgan fingerprint density at radius 1 is 0.871 bits per heavy atom. The number of rotatable bonds is 7. The summed E-state index contributed by atoms with van der Waals surface area (Å²) in [7, 11) is -3.22. The molecule has 0 bridgehead atoms. The number of benzene rings is 2. The summed E-state index contributed by atoms with van der Waals surface area (Å²) < 4.78 is 46.8. The lowest BCUT2D eigenvalue weighted by molar-refractivity contribution is 0.0568. The monoisotopic (exact) mass is 446 g/mol. The number of sulfonamides is 1. The van der Waals surface area contributed by atoms with Gasteiger partial charge in [0.05, 0.1) is 5.75 Å². The molecule has 0 aliphatic carbocycles. The standard InChI is InChI=1S/C24H31FN2O3S/c25-23-8-4-5-9-24(23)30-22-12-15-26(16-13-22)21-10-17-27(18-11-21)31(28,29)19-14-20-6-2-1-3-7-20/h1-9,21-22H,10-19H2. The maximum absolute atomic E-state index is 13.8. The van der Waals surface area contributed by atoms with Crippen molar-refractivity contribution in [3.63, 3.8) is 0 Å². The number of nitrogens with zero attached hydrogens (tertiary/aromatic N) is 2. The second kappa shape index (κ2) is 10.1. The normalized spacial score (nSPS) is 20.0. The minimum atomic E-state index is -3.22. The van der Waals surface area contributed by atoms with Crippen LogP contribution in [0.5, 0.6) is 5.75 Å². The van der Waals surface area contributed by atoms with Gasteiger partial charge in [0.25, 0.3) is 0 Å². The molecule has 2 aliphatic heterocycles. The highest BCUT2D eigenvalue weighted by Gasteiger charge is 2.32. The summed E-state index contributed by atoms with van der Waals surface area (Å²) in [6, 6.07) is 16.7. The molecule has 0 radical (unpaired) electrons. The van der Waals surface area contributed by atoms with E-state index in [2.05, 4.69) is 4.90 Å². The van der Waals surface area contributed by atoms with E-state index in [0.29, 0.717) is 31.3 Å². The Balaban J connectivity index is 1.22. The lowest BCUT2D eigenvalue weighted by atomic mass is 10.00. The number of hydrogen-bond acceptors (Lipinski definition) is 4. The molecule has 0 N–H and O–H groups in total. The first kappa shape index (κ1) is 22.2. The van der Waals surface area contributed by atoms with Gasteiger partial charge in [-0.05, 0) is 49.8 Å². The van der Waals surface area contributed by atoms with Gasteiger partial charge in [-0.3, -0.25) is 0 Å². The smallest absolute Gasteiger partial charge is 0.214 e. The SMILES string of the molecule is O=S(=O)(CCc1ccccc1)N1CCC(N2CCC(Oc3ccccc3F)CC2)CC1. The van der Waals surface area contributed by atoms with E-state index in [-0.39, 0.29) is 17.7 Å². The van der Waals surface area contributed by atoms with Crippen molar-refractivity contribution < 1.29 is 17.5 Å². The van der Waals surface area contributed by atoms with Crippen LogP contribution in [0.3, 0.4) is 0 Å². The summed E-state index contributed by atoms with van der Waals surface area (Å²) in [5.74, 6) is 0.182. The zero-order valence-electron chi connectivity index (χ0n) is 17.8. The van der Waals surface area contributed by atoms with E-state index in [0.717, 1.165) is 44.3 Å². The van der Waals surface area contributed by atoms with Crippen molar-refractivity contribution in [1.29, 1.82) is 0 Å². The summed E-state index contributed by atoms with van der Waals surface area (Å²) in [5.41, 5.74) is 1.06. The number of piperidine rings is 2. The number of likely N-dealkylation sites (tertiary alicyclic amines) is 1. The highest BCUT2D eigenvalue weighted by molar-refractivity contribution is 7.89. The molecule has 2 aromatic carbocycles. The van der Waals surface area contributed by atoms with E-state index >= 15 is 0 Å². The second-order valence-corrected chi connectivity index (χ2v) is 10.6. The number of ether oxygens (including phenoxy) is 1. The van der Waals surface area contributed by atoms with Crippen LogP contribution in [-0.4, -0.2) is 61.7 Å². The molecular formula is C24H31FN2O3S. The Kier molecular flexibility index (Phi) is 7.25. The number of halogens is 1. The van der Waals surface area contributed by atoms with Crippen molar-refractivity contribution in [1.82, 2.24) is 9.21 Å². The molecule has 2 aliphatic rings. The Morgan fingerprint density at radius 2 is 1.52 bits per heavy atom. The van der Waals surface area contributed by atoms with Crippen LogP contribution in [-0.2, 0) is 16.4 Å². The lowest BCUT2D eigenvalue weighted by Crippen LogP contribution is -2.50. The van der Waals surface area contributed by atoms with Gasteiger partial charge in [-0.2, -0.15) is 0 Å². The summed E-state index contributed by atoms with van der Waals surface area (Å²) in [4.78, 5) is 2.45. The Hall–Kier alpha value is -1.96. The van der Waals surface area contributed by atoms with Crippen LogP contribution in [0, 0.1) is 5.82 Å². The highest BCUT2D eigenvalue weighted by Crippen LogP contribution is 2.26. The van der Waals surface area contributed by atoms with Gasteiger partial charge in [0.2, 0.25) is 10.0 Å². The molecule has 168 valence electrons. The Morgan fingerprint density at radius 3 is 2.19 bits per heavy atom. The van der Waals surface area contributed by atoms with Crippen molar-refractivity contribution in [2.45, 2.75) is 44.2 Å². The molecule has 5 nitrogen and oxygen atoms in total.